The standard InChI is InChI=1S/C19H20F3NO2S/c1-23-10-2-4-14(12-25-18(24)16-5-3-11-26-16)17(23)13-6-8-15(9-7-13)19(20,21)22/h3,5-9,11,14,17H,2,4,10,12H2,1H3. The Labute approximate surface area is 154 Å². The van der Waals surface area contributed by atoms with E-state index >= 15 is 0 Å². The van der Waals surface area contributed by atoms with Gasteiger partial charge in [-0.05, 0) is 55.6 Å². The summed E-state index contributed by atoms with van der Waals surface area (Å²) in [4.78, 5) is 14.8. The minimum atomic E-state index is -4.34. The molecule has 1 aliphatic rings. The molecule has 2 aromatic rings. The quantitative estimate of drug-likeness (QED) is 0.696. The molecule has 0 aliphatic carbocycles. The third-order valence-electron chi connectivity index (χ3n) is 4.74. The SMILES string of the molecule is CN1CCCC(COC(=O)c2cccs2)C1c1ccc(C(F)(F)F)cc1. The maximum absolute atomic E-state index is 12.8. The number of likely N-dealkylation sites (tertiary alicyclic amines) is 1. The molecule has 0 saturated carbocycles. The van der Waals surface area contributed by atoms with Gasteiger partial charge in [-0.2, -0.15) is 13.2 Å². The van der Waals surface area contributed by atoms with E-state index in [-0.39, 0.29) is 24.5 Å². The first-order valence-electron chi connectivity index (χ1n) is 8.44. The maximum atomic E-state index is 12.8. The Morgan fingerprint density at radius 2 is 2.00 bits per heavy atom. The number of alkyl halides is 3. The molecule has 0 spiro atoms. The number of esters is 1. The molecule has 26 heavy (non-hydrogen) atoms. The Bertz CT molecular complexity index is 728. The molecule has 1 aliphatic heterocycles. The van der Waals surface area contributed by atoms with E-state index in [1.807, 2.05) is 12.4 Å². The van der Waals surface area contributed by atoms with Crippen LogP contribution in [0, 0.1) is 5.92 Å². The van der Waals surface area contributed by atoms with Crippen molar-refractivity contribution in [3.05, 3.63) is 57.8 Å². The van der Waals surface area contributed by atoms with Crippen molar-refractivity contribution in [2.45, 2.75) is 25.1 Å². The summed E-state index contributed by atoms with van der Waals surface area (Å²) in [5.74, 6) is -0.297. The highest BCUT2D eigenvalue weighted by Gasteiger charge is 2.34. The van der Waals surface area contributed by atoms with Crippen LogP contribution in [0.1, 0.15) is 39.7 Å². The van der Waals surface area contributed by atoms with Crippen LogP contribution in [0.25, 0.3) is 0 Å². The van der Waals surface area contributed by atoms with E-state index in [4.69, 9.17) is 4.74 Å². The Morgan fingerprint density at radius 1 is 1.27 bits per heavy atom. The molecule has 0 radical (unpaired) electrons. The first-order valence-corrected chi connectivity index (χ1v) is 9.32. The number of rotatable bonds is 4. The van der Waals surface area contributed by atoms with E-state index < -0.39 is 11.7 Å². The minimum Gasteiger partial charge on any atom is -0.461 e. The van der Waals surface area contributed by atoms with Gasteiger partial charge in [-0.25, -0.2) is 4.79 Å². The smallest absolute Gasteiger partial charge is 0.416 e. The van der Waals surface area contributed by atoms with Crippen LogP contribution in [0.5, 0.6) is 0 Å². The summed E-state index contributed by atoms with van der Waals surface area (Å²) in [5, 5.41) is 1.82. The molecule has 1 fully saturated rings. The maximum Gasteiger partial charge on any atom is 0.416 e. The van der Waals surface area contributed by atoms with Crippen molar-refractivity contribution in [2.24, 2.45) is 5.92 Å². The van der Waals surface area contributed by atoms with Gasteiger partial charge in [-0.15, -0.1) is 11.3 Å². The third-order valence-corrected chi connectivity index (χ3v) is 5.59. The molecule has 1 aromatic heterocycles. The van der Waals surface area contributed by atoms with Gasteiger partial charge in [0.15, 0.2) is 0 Å². The van der Waals surface area contributed by atoms with Crippen molar-refractivity contribution in [2.75, 3.05) is 20.2 Å². The zero-order valence-electron chi connectivity index (χ0n) is 14.3. The molecule has 0 bridgehead atoms. The number of thiophene rings is 1. The van der Waals surface area contributed by atoms with E-state index in [1.54, 1.807) is 12.1 Å². The van der Waals surface area contributed by atoms with E-state index in [0.717, 1.165) is 37.1 Å². The largest absolute Gasteiger partial charge is 0.461 e. The van der Waals surface area contributed by atoms with Gasteiger partial charge in [0.1, 0.15) is 4.88 Å². The fourth-order valence-electron chi connectivity index (χ4n) is 3.48. The number of benzene rings is 1. The Kier molecular flexibility index (Phi) is 5.67. The highest BCUT2D eigenvalue weighted by atomic mass is 32.1. The highest BCUT2D eigenvalue weighted by molar-refractivity contribution is 7.11. The molecule has 3 nitrogen and oxygen atoms in total. The minimum absolute atomic E-state index is 0.0504. The first-order chi connectivity index (χ1) is 12.4. The molecule has 0 N–H and O–H groups in total. The lowest BCUT2D eigenvalue weighted by Crippen LogP contribution is -2.38. The topological polar surface area (TPSA) is 29.5 Å². The van der Waals surface area contributed by atoms with Gasteiger partial charge in [0, 0.05) is 12.0 Å². The van der Waals surface area contributed by atoms with Gasteiger partial charge in [-0.3, -0.25) is 4.90 Å². The lowest BCUT2D eigenvalue weighted by atomic mass is 9.85. The van der Waals surface area contributed by atoms with Crippen LogP contribution in [-0.4, -0.2) is 31.1 Å². The van der Waals surface area contributed by atoms with Crippen molar-refractivity contribution < 1.29 is 22.7 Å². The predicted molar refractivity (Wildman–Crippen MR) is 94.1 cm³/mol. The summed E-state index contributed by atoms with van der Waals surface area (Å²) < 4.78 is 43.8. The molecule has 1 saturated heterocycles. The van der Waals surface area contributed by atoms with Gasteiger partial charge in [-0.1, -0.05) is 18.2 Å². The summed E-state index contributed by atoms with van der Waals surface area (Å²) in [6.07, 6.45) is -2.50. The van der Waals surface area contributed by atoms with Crippen molar-refractivity contribution in [3.63, 3.8) is 0 Å². The average molecular weight is 383 g/mol. The van der Waals surface area contributed by atoms with Crippen LogP contribution >= 0.6 is 11.3 Å². The van der Waals surface area contributed by atoms with E-state index in [2.05, 4.69) is 4.90 Å². The molecular weight excluding hydrogens is 363 g/mol. The fourth-order valence-corrected chi connectivity index (χ4v) is 4.09. The van der Waals surface area contributed by atoms with Gasteiger partial charge < -0.3 is 4.74 Å². The van der Waals surface area contributed by atoms with Crippen LogP contribution in [0.3, 0.4) is 0 Å². The Balaban J connectivity index is 1.73. The summed E-state index contributed by atoms with van der Waals surface area (Å²) in [6, 6.07) is 8.74. The number of halogens is 3. The van der Waals surface area contributed by atoms with Gasteiger partial charge in [0.25, 0.3) is 0 Å². The average Bonchev–Trinajstić information content (AvgIpc) is 3.14. The van der Waals surface area contributed by atoms with Crippen molar-refractivity contribution >= 4 is 17.3 Å². The third kappa shape index (κ3) is 4.27. The van der Waals surface area contributed by atoms with Crippen LogP contribution in [-0.2, 0) is 10.9 Å². The predicted octanol–water partition coefficient (Wildman–Crippen LogP) is 5.01. The van der Waals surface area contributed by atoms with Gasteiger partial charge >= 0.3 is 12.1 Å². The molecule has 7 heteroatoms. The summed E-state index contributed by atoms with van der Waals surface area (Å²) >= 11 is 1.33. The lowest BCUT2D eigenvalue weighted by molar-refractivity contribution is -0.137. The monoisotopic (exact) mass is 383 g/mol. The number of carbonyl (C=O) groups excluding carboxylic acids is 1. The molecular formula is C19H20F3NO2S. The lowest BCUT2D eigenvalue weighted by Gasteiger charge is -2.39. The zero-order valence-corrected chi connectivity index (χ0v) is 15.1. The molecule has 1 aromatic carbocycles. The fraction of sp³-hybridized carbons (Fsp3) is 0.421. The number of nitrogens with zero attached hydrogens (tertiary/aromatic N) is 1. The molecule has 2 atom stereocenters. The first kappa shape index (κ1) is 18.9. The van der Waals surface area contributed by atoms with Crippen LogP contribution in [0.2, 0.25) is 0 Å². The number of ether oxygens (including phenoxy) is 1. The second kappa shape index (κ2) is 7.80. The van der Waals surface area contributed by atoms with Crippen LogP contribution in [0.15, 0.2) is 41.8 Å². The van der Waals surface area contributed by atoms with E-state index in [0.29, 0.717) is 4.88 Å². The van der Waals surface area contributed by atoms with Gasteiger partial charge in [0.05, 0.1) is 12.2 Å². The highest BCUT2D eigenvalue weighted by Crippen LogP contribution is 2.37. The second-order valence-electron chi connectivity index (χ2n) is 6.52. The Morgan fingerprint density at radius 3 is 2.62 bits per heavy atom. The molecule has 2 heterocycles. The number of piperidine rings is 1. The van der Waals surface area contributed by atoms with Crippen molar-refractivity contribution in [1.29, 1.82) is 0 Å². The normalized spacial score (nSPS) is 21.5. The summed E-state index contributed by atoms with van der Waals surface area (Å²) in [6.45, 7) is 1.12. The summed E-state index contributed by atoms with van der Waals surface area (Å²) in [5.41, 5.74) is 0.165. The van der Waals surface area contributed by atoms with Crippen molar-refractivity contribution in [1.82, 2.24) is 4.90 Å². The second-order valence-corrected chi connectivity index (χ2v) is 7.47. The molecule has 3 rings (SSSR count). The molecule has 0 amide bonds. The summed E-state index contributed by atoms with van der Waals surface area (Å²) in [7, 11) is 1.95. The molecule has 2 unspecified atom stereocenters. The number of hydrogen-bond donors (Lipinski definition) is 0. The number of carbonyl (C=O) groups is 1. The zero-order chi connectivity index (χ0) is 18.7. The van der Waals surface area contributed by atoms with Crippen molar-refractivity contribution in [3.8, 4) is 0 Å². The molecule has 140 valence electrons. The van der Waals surface area contributed by atoms with E-state index in [1.165, 1.54) is 23.5 Å². The Hall–Kier alpha value is -1.86. The number of hydrogen-bond acceptors (Lipinski definition) is 4. The van der Waals surface area contributed by atoms with Crippen LogP contribution < -0.4 is 0 Å². The van der Waals surface area contributed by atoms with E-state index in [9.17, 15) is 18.0 Å². The van der Waals surface area contributed by atoms with Crippen LogP contribution in [0.4, 0.5) is 13.2 Å². The van der Waals surface area contributed by atoms with Gasteiger partial charge in [0.2, 0.25) is 0 Å².